The lowest BCUT2D eigenvalue weighted by atomic mass is 10.5. The predicted molar refractivity (Wildman–Crippen MR) is 49.0 cm³/mol. The van der Waals surface area contributed by atoms with E-state index in [2.05, 4.69) is 4.74 Å². The minimum Gasteiger partial charge on any atom is -0.477 e. The molecule has 0 aliphatic carbocycles. The smallest absolute Gasteiger partial charge is 0.345 e. The highest BCUT2D eigenvalue weighted by molar-refractivity contribution is 7.11. The van der Waals surface area contributed by atoms with Crippen LogP contribution in [0.3, 0.4) is 0 Å². The van der Waals surface area contributed by atoms with Gasteiger partial charge in [0.15, 0.2) is 0 Å². The second-order valence-electron chi connectivity index (χ2n) is 1.98. The number of rotatable bonds is 1. The second-order valence-corrected chi connectivity index (χ2v) is 2.93. The topological polar surface area (TPSA) is 63.6 Å². The van der Waals surface area contributed by atoms with Gasteiger partial charge in [-0.15, -0.1) is 11.3 Å². The maximum atomic E-state index is 10.1. The van der Waals surface area contributed by atoms with E-state index in [1.807, 2.05) is 0 Å². The Kier molecular flexibility index (Phi) is 5.54. The van der Waals surface area contributed by atoms with E-state index < -0.39 is 5.97 Å². The van der Waals surface area contributed by atoms with Crippen molar-refractivity contribution in [2.75, 3.05) is 7.11 Å². The van der Waals surface area contributed by atoms with Crippen molar-refractivity contribution < 1.29 is 19.4 Å². The van der Waals surface area contributed by atoms with Crippen LogP contribution in [0.2, 0.25) is 0 Å². The fourth-order valence-corrected chi connectivity index (χ4v) is 0.962. The summed E-state index contributed by atoms with van der Waals surface area (Å²) in [6.07, 6.45) is 0. The van der Waals surface area contributed by atoms with Crippen LogP contribution in [-0.4, -0.2) is 24.2 Å². The molecule has 0 bridgehead atoms. The highest BCUT2D eigenvalue weighted by Crippen LogP contribution is 2.06. The molecule has 0 saturated carbocycles. The quantitative estimate of drug-likeness (QED) is 0.703. The lowest BCUT2D eigenvalue weighted by molar-refractivity contribution is -0.137. The summed E-state index contributed by atoms with van der Waals surface area (Å²) >= 11 is 1.23. The van der Waals surface area contributed by atoms with Gasteiger partial charge in [-0.25, -0.2) is 4.79 Å². The van der Waals surface area contributed by atoms with Crippen LogP contribution < -0.4 is 0 Å². The Hall–Kier alpha value is -1.36. The zero-order valence-corrected chi connectivity index (χ0v) is 8.13. The van der Waals surface area contributed by atoms with Gasteiger partial charge in [0.1, 0.15) is 4.88 Å². The van der Waals surface area contributed by atoms with Crippen molar-refractivity contribution in [2.45, 2.75) is 6.92 Å². The van der Waals surface area contributed by atoms with Gasteiger partial charge in [-0.05, 0) is 11.4 Å². The first-order chi connectivity index (χ1) is 6.07. The maximum Gasteiger partial charge on any atom is 0.345 e. The minimum atomic E-state index is -0.847. The number of carboxylic acid groups (broad SMARTS) is 1. The van der Waals surface area contributed by atoms with Crippen LogP contribution in [0.25, 0.3) is 0 Å². The largest absolute Gasteiger partial charge is 0.477 e. The normalized spacial score (nSPS) is 8.15. The van der Waals surface area contributed by atoms with Crippen molar-refractivity contribution in [3.8, 4) is 0 Å². The molecule has 0 aliphatic rings. The van der Waals surface area contributed by atoms with Gasteiger partial charge >= 0.3 is 11.9 Å². The number of hydrogen-bond donors (Lipinski definition) is 1. The first-order valence-corrected chi connectivity index (χ1v) is 4.27. The second kappa shape index (κ2) is 6.19. The summed E-state index contributed by atoms with van der Waals surface area (Å²) in [4.78, 5) is 20.1. The first-order valence-electron chi connectivity index (χ1n) is 3.39. The third-order valence-electron chi connectivity index (χ3n) is 1.02. The number of carbonyl (C=O) groups excluding carboxylic acids is 1. The molecule has 13 heavy (non-hydrogen) atoms. The van der Waals surface area contributed by atoms with Crippen molar-refractivity contribution in [1.82, 2.24) is 0 Å². The lowest BCUT2D eigenvalue weighted by Gasteiger charge is -1.80. The zero-order valence-electron chi connectivity index (χ0n) is 7.31. The number of carbonyl (C=O) groups is 2. The van der Waals surface area contributed by atoms with Crippen LogP contribution in [0.4, 0.5) is 0 Å². The van der Waals surface area contributed by atoms with Gasteiger partial charge in [0.2, 0.25) is 0 Å². The molecule has 1 aromatic heterocycles. The molecule has 1 N–H and O–H groups in total. The fourth-order valence-electron chi connectivity index (χ4n) is 0.400. The predicted octanol–water partition coefficient (Wildman–Crippen LogP) is 1.63. The van der Waals surface area contributed by atoms with Crippen LogP contribution in [0.15, 0.2) is 17.5 Å². The molecule has 0 spiro atoms. The number of aromatic carboxylic acids is 1. The van der Waals surface area contributed by atoms with Crippen molar-refractivity contribution in [3.63, 3.8) is 0 Å². The summed E-state index contributed by atoms with van der Waals surface area (Å²) in [5, 5.41) is 10.0. The Morgan fingerprint density at radius 1 is 1.54 bits per heavy atom. The van der Waals surface area contributed by atoms with Crippen LogP contribution in [0, 0.1) is 0 Å². The average Bonchev–Trinajstić information content (AvgIpc) is 2.57. The zero-order chi connectivity index (χ0) is 10.3. The molecule has 72 valence electrons. The van der Waals surface area contributed by atoms with E-state index in [9.17, 15) is 9.59 Å². The molecule has 0 radical (unpaired) electrons. The van der Waals surface area contributed by atoms with Crippen molar-refractivity contribution >= 4 is 23.3 Å². The van der Waals surface area contributed by atoms with E-state index in [0.29, 0.717) is 4.88 Å². The van der Waals surface area contributed by atoms with Crippen molar-refractivity contribution in [2.24, 2.45) is 0 Å². The van der Waals surface area contributed by atoms with Crippen LogP contribution in [-0.2, 0) is 9.53 Å². The van der Waals surface area contributed by atoms with Gasteiger partial charge in [0, 0.05) is 6.92 Å². The number of methoxy groups -OCH3 is 1. The SMILES string of the molecule is COC(C)=O.O=C(O)c1cccs1. The summed E-state index contributed by atoms with van der Waals surface area (Å²) in [6.45, 7) is 1.36. The van der Waals surface area contributed by atoms with E-state index in [-0.39, 0.29) is 5.97 Å². The Morgan fingerprint density at radius 2 is 2.08 bits per heavy atom. The van der Waals surface area contributed by atoms with E-state index in [1.165, 1.54) is 25.4 Å². The molecule has 5 heteroatoms. The van der Waals surface area contributed by atoms with Crippen molar-refractivity contribution in [3.05, 3.63) is 22.4 Å². The van der Waals surface area contributed by atoms with Gasteiger partial charge in [-0.3, -0.25) is 4.79 Å². The van der Waals surface area contributed by atoms with Crippen LogP contribution in [0.1, 0.15) is 16.6 Å². The van der Waals surface area contributed by atoms with Crippen molar-refractivity contribution in [1.29, 1.82) is 0 Å². The monoisotopic (exact) mass is 202 g/mol. The van der Waals surface area contributed by atoms with Gasteiger partial charge in [-0.1, -0.05) is 6.07 Å². The number of thiophene rings is 1. The number of ether oxygens (including phenoxy) is 1. The molecule has 0 aromatic carbocycles. The lowest BCUT2D eigenvalue weighted by Crippen LogP contribution is -1.89. The van der Waals surface area contributed by atoms with Crippen LogP contribution in [0.5, 0.6) is 0 Å². The van der Waals surface area contributed by atoms with E-state index >= 15 is 0 Å². The summed E-state index contributed by atoms with van der Waals surface area (Å²) in [7, 11) is 1.35. The van der Waals surface area contributed by atoms with Crippen LogP contribution >= 0.6 is 11.3 Å². The standard InChI is InChI=1S/C5H4O2S.C3H6O2/c6-5(7)4-2-1-3-8-4;1-3(4)5-2/h1-3H,(H,6,7);1-2H3. The third kappa shape index (κ3) is 5.86. The molecule has 0 amide bonds. The average molecular weight is 202 g/mol. The Morgan fingerprint density at radius 3 is 2.23 bits per heavy atom. The van der Waals surface area contributed by atoms with Gasteiger partial charge in [0.05, 0.1) is 7.11 Å². The molecular weight excluding hydrogens is 192 g/mol. The van der Waals surface area contributed by atoms with Gasteiger partial charge in [0.25, 0.3) is 0 Å². The number of esters is 1. The Balaban J connectivity index is 0.000000252. The summed E-state index contributed by atoms with van der Waals surface area (Å²) in [5.74, 6) is -1.09. The molecule has 1 rings (SSSR count). The van der Waals surface area contributed by atoms with E-state index in [0.717, 1.165) is 0 Å². The molecular formula is C8H10O4S. The molecule has 0 atom stereocenters. The summed E-state index contributed by atoms with van der Waals surface area (Å²) in [6, 6.07) is 3.29. The maximum absolute atomic E-state index is 10.1. The minimum absolute atomic E-state index is 0.245. The molecule has 1 heterocycles. The number of hydrogen-bond acceptors (Lipinski definition) is 4. The van der Waals surface area contributed by atoms with E-state index in [1.54, 1.807) is 17.5 Å². The summed E-state index contributed by atoms with van der Waals surface area (Å²) in [5.41, 5.74) is 0. The van der Waals surface area contributed by atoms with Gasteiger partial charge < -0.3 is 9.84 Å². The molecule has 0 aliphatic heterocycles. The molecule has 4 nitrogen and oxygen atoms in total. The third-order valence-corrected chi connectivity index (χ3v) is 1.88. The Labute approximate surface area is 79.8 Å². The molecule has 0 saturated heterocycles. The first kappa shape index (κ1) is 11.6. The molecule has 0 fully saturated rings. The highest BCUT2D eigenvalue weighted by atomic mass is 32.1. The summed E-state index contributed by atoms with van der Waals surface area (Å²) < 4.78 is 4.11. The Bertz CT molecular complexity index is 266. The number of carboxylic acids is 1. The fraction of sp³-hybridized carbons (Fsp3) is 0.250. The van der Waals surface area contributed by atoms with Gasteiger partial charge in [-0.2, -0.15) is 0 Å². The van der Waals surface area contributed by atoms with E-state index in [4.69, 9.17) is 5.11 Å². The highest BCUT2D eigenvalue weighted by Gasteiger charge is 1.99. The molecule has 0 unspecified atom stereocenters. The molecule has 1 aromatic rings.